The van der Waals surface area contributed by atoms with Gasteiger partial charge in [-0.15, -0.1) is 0 Å². The fraction of sp³-hybridized carbons (Fsp3) is 0.0833. The molecule has 6 nitrogen and oxygen atoms in total. The van der Waals surface area contributed by atoms with Crippen LogP contribution in [0.3, 0.4) is 0 Å². The van der Waals surface area contributed by atoms with E-state index in [2.05, 4.69) is 10.6 Å². The zero-order chi connectivity index (χ0) is 20.9. The molecule has 0 aliphatic carbocycles. The molecule has 0 saturated carbocycles. The normalized spacial score (nSPS) is 15.8. The number of amides is 2. The summed E-state index contributed by atoms with van der Waals surface area (Å²) < 4.78 is 10.9. The molecule has 6 heteroatoms. The van der Waals surface area contributed by atoms with E-state index < -0.39 is 18.0 Å². The van der Waals surface area contributed by atoms with E-state index in [-0.39, 0.29) is 0 Å². The van der Waals surface area contributed by atoms with Gasteiger partial charge in [-0.25, -0.2) is 9.59 Å². The first-order valence-corrected chi connectivity index (χ1v) is 9.44. The second kappa shape index (κ2) is 8.53. The Hall–Kier alpha value is -4.06. The van der Waals surface area contributed by atoms with Gasteiger partial charge in [0.05, 0.1) is 24.4 Å². The van der Waals surface area contributed by atoms with Crippen LogP contribution in [0, 0.1) is 0 Å². The number of hydrogen-bond acceptors (Lipinski definition) is 4. The van der Waals surface area contributed by atoms with E-state index in [0.717, 1.165) is 5.56 Å². The summed E-state index contributed by atoms with van der Waals surface area (Å²) in [4.78, 5) is 25.1. The molecule has 3 aromatic carbocycles. The Morgan fingerprint density at radius 2 is 1.53 bits per heavy atom. The van der Waals surface area contributed by atoms with Crippen molar-refractivity contribution in [2.75, 3.05) is 7.11 Å². The van der Waals surface area contributed by atoms with Crippen LogP contribution in [0.4, 0.5) is 4.79 Å². The molecule has 1 aliphatic heterocycles. The lowest BCUT2D eigenvalue weighted by atomic mass is 9.92. The van der Waals surface area contributed by atoms with Gasteiger partial charge in [0.1, 0.15) is 11.5 Å². The summed E-state index contributed by atoms with van der Waals surface area (Å²) in [5.74, 6) is 0.760. The molecule has 150 valence electrons. The van der Waals surface area contributed by atoms with Crippen LogP contribution in [0.2, 0.25) is 0 Å². The summed E-state index contributed by atoms with van der Waals surface area (Å²) in [6, 6.07) is 24.8. The largest absolute Gasteiger partial charge is 0.466 e. The molecule has 2 amide bonds. The maximum absolute atomic E-state index is 12.7. The molecule has 0 aromatic heterocycles. The molecule has 1 unspecified atom stereocenters. The molecule has 0 radical (unpaired) electrons. The third kappa shape index (κ3) is 4.03. The fourth-order valence-corrected chi connectivity index (χ4v) is 3.36. The second-order valence-electron chi connectivity index (χ2n) is 6.67. The zero-order valence-electron chi connectivity index (χ0n) is 16.3. The van der Waals surface area contributed by atoms with E-state index in [1.54, 1.807) is 6.07 Å². The highest BCUT2D eigenvalue weighted by Crippen LogP contribution is 2.33. The van der Waals surface area contributed by atoms with Crippen molar-refractivity contribution in [3.63, 3.8) is 0 Å². The van der Waals surface area contributed by atoms with E-state index in [4.69, 9.17) is 9.47 Å². The minimum Gasteiger partial charge on any atom is -0.466 e. The SMILES string of the molecule is COC(=O)C1=C(c2ccccc2)NC(=O)NC1c1cccc(Oc2ccccc2)c1. The van der Waals surface area contributed by atoms with Crippen molar-refractivity contribution in [3.05, 3.63) is 102 Å². The average molecular weight is 400 g/mol. The number of carbonyl (C=O) groups is 2. The first kappa shape index (κ1) is 19.3. The Kier molecular flexibility index (Phi) is 5.48. The minimum absolute atomic E-state index is 0.320. The number of rotatable bonds is 5. The van der Waals surface area contributed by atoms with Crippen molar-refractivity contribution >= 4 is 17.7 Å². The van der Waals surface area contributed by atoms with Gasteiger partial charge in [-0.05, 0) is 35.4 Å². The Balaban J connectivity index is 1.77. The Morgan fingerprint density at radius 1 is 0.867 bits per heavy atom. The third-order valence-corrected chi connectivity index (χ3v) is 4.71. The first-order chi connectivity index (χ1) is 14.7. The Labute approximate surface area is 174 Å². The number of ether oxygens (including phenoxy) is 2. The molecule has 4 rings (SSSR count). The molecule has 0 fully saturated rings. The molecule has 1 aliphatic rings. The van der Waals surface area contributed by atoms with E-state index >= 15 is 0 Å². The van der Waals surface area contributed by atoms with Crippen LogP contribution in [0.25, 0.3) is 5.70 Å². The van der Waals surface area contributed by atoms with Gasteiger partial charge in [0.2, 0.25) is 0 Å². The topological polar surface area (TPSA) is 76.7 Å². The number of urea groups is 1. The van der Waals surface area contributed by atoms with Crippen molar-refractivity contribution in [2.24, 2.45) is 0 Å². The predicted octanol–water partition coefficient (Wildman–Crippen LogP) is 4.42. The monoisotopic (exact) mass is 400 g/mol. The minimum atomic E-state index is -0.694. The predicted molar refractivity (Wildman–Crippen MR) is 113 cm³/mol. The summed E-state index contributed by atoms with van der Waals surface area (Å²) in [6.45, 7) is 0. The van der Waals surface area contributed by atoms with Crippen molar-refractivity contribution < 1.29 is 19.1 Å². The van der Waals surface area contributed by atoms with Crippen LogP contribution in [-0.2, 0) is 9.53 Å². The quantitative estimate of drug-likeness (QED) is 0.622. The van der Waals surface area contributed by atoms with Crippen molar-refractivity contribution in [1.29, 1.82) is 0 Å². The second-order valence-corrected chi connectivity index (χ2v) is 6.67. The molecule has 0 spiro atoms. The highest BCUT2D eigenvalue weighted by Gasteiger charge is 2.34. The molecule has 0 bridgehead atoms. The number of methoxy groups -OCH3 is 1. The van der Waals surface area contributed by atoms with Gasteiger partial charge in [-0.1, -0.05) is 60.7 Å². The maximum Gasteiger partial charge on any atom is 0.338 e. The number of carbonyl (C=O) groups excluding carboxylic acids is 2. The first-order valence-electron chi connectivity index (χ1n) is 9.44. The molecule has 2 N–H and O–H groups in total. The van der Waals surface area contributed by atoms with Gasteiger partial charge in [0, 0.05) is 0 Å². The third-order valence-electron chi connectivity index (χ3n) is 4.71. The Morgan fingerprint density at radius 3 is 2.23 bits per heavy atom. The maximum atomic E-state index is 12.7. The van der Waals surface area contributed by atoms with Crippen molar-refractivity contribution in [1.82, 2.24) is 10.6 Å². The van der Waals surface area contributed by atoms with Crippen LogP contribution in [0.15, 0.2) is 90.5 Å². The molecule has 1 atom stereocenters. The van der Waals surface area contributed by atoms with Crippen LogP contribution >= 0.6 is 0 Å². The van der Waals surface area contributed by atoms with E-state index in [9.17, 15) is 9.59 Å². The standard InChI is InChI=1S/C24H20N2O4/c1-29-23(27)20-21(16-9-4-2-5-10-16)25-24(28)26-22(20)17-11-8-14-19(15-17)30-18-12-6-3-7-13-18/h2-15,22H,1H3,(H2,25,26,28). The van der Waals surface area contributed by atoms with E-state index in [1.165, 1.54) is 7.11 Å². The van der Waals surface area contributed by atoms with Crippen LogP contribution in [0.1, 0.15) is 17.2 Å². The summed E-state index contributed by atoms with van der Waals surface area (Å²) >= 11 is 0. The lowest BCUT2D eigenvalue weighted by Crippen LogP contribution is -2.45. The van der Waals surface area contributed by atoms with Gasteiger partial charge in [-0.2, -0.15) is 0 Å². The lowest BCUT2D eigenvalue weighted by molar-refractivity contribution is -0.136. The van der Waals surface area contributed by atoms with Crippen LogP contribution < -0.4 is 15.4 Å². The molecular weight excluding hydrogens is 380 g/mol. The molecule has 1 heterocycles. The molecule has 3 aromatic rings. The molecule has 30 heavy (non-hydrogen) atoms. The summed E-state index contributed by atoms with van der Waals surface area (Å²) in [6.07, 6.45) is 0. The zero-order valence-corrected chi connectivity index (χ0v) is 16.3. The van der Waals surface area contributed by atoms with Crippen molar-refractivity contribution in [3.8, 4) is 11.5 Å². The highest BCUT2D eigenvalue weighted by atomic mass is 16.5. The summed E-state index contributed by atoms with van der Waals surface area (Å²) in [5, 5.41) is 5.57. The van der Waals surface area contributed by atoms with Crippen LogP contribution in [0.5, 0.6) is 11.5 Å². The van der Waals surface area contributed by atoms with E-state index in [1.807, 2.05) is 78.9 Å². The number of nitrogens with one attached hydrogen (secondary N) is 2. The highest BCUT2D eigenvalue weighted by molar-refractivity contribution is 6.04. The van der Waals surface area contributed by atoms with Gasteiger partial charge < -0.3 is 20.1 Å². The number of para-hydroxylation sites is 1. The van der Waals surface area contributed by atoms with Gasteiger partial charge >= 0.3 is 12.0 Å². The number of hydrogen-bond donors (Lipinski definition) is 2. The molecular formula is C24H20N2O4. The summed E-state index contributed by atoms with van der Waals surface area (Å²) in [7, 11) is 1.32. The number of benzene rings is 3. The lowest BCUT2D eigenvalue weighted by Gasteiger charge is -2.29. The smallest absolute Gasteiger partial charge is 0.338 e. The van der Waals surface area contributed by atoms with Gasteiger partial charge in [-0.3, -0.25) is 0 Å². The van der Waals surface area contributed by atoms with Gasteiger partial charge in [0.25, 0.3) is 0 Å². The van der Waals surface area contributed by atoms with Gasteiger partial charge in [0.15, 0.2) is 0 Å². The van der Waals surface area contributed by atoms with E-state index in [0.29, 0.717) is 28.3 Å². The fourth-order valence-electron chi connectivity index (χ4n) is 3.36. The molecule has 0 saturated heterocycles. The Bertz CT molecular complexity index is 1090. The van der Waals surface area contributed by atoms with Crippen LogP contribution in [-0.4, -0.2) is 19.1 Å². The summed E-state index contributed by atoms with van der Waals surface area (Å²) in [5.41, 5.74) is 2.16. The van der Waals surface area contributed by atoms with Crippen molar-refractivity contribution in [2.45, 2.75) is 6.04 Å². The number of esters is 1. The average Bonchev–Trinajstić information content (AvgIpc) is 2.79.